The molecule has 1 aliphatic heterocycles. The first-order chi connectivity index (χ1) is 14.6. The summed E-state index contributed by atoms with van der Waals surface area (Å²) in [6.07, 6.45) is 12.9. The van der Waals surface area contributed by atoms with Crippen molar-refractivity contribution >= 4 is 11.7 Å². The summed E-state index contributed by atoms with van der Waals surface area (Å²) in [6, 6.07) is 2.02. The number of aromatic nitrogens is 4. The summed E-state index contributed by atoms with van der Waals surface area (Å²) in [6.45, 7) is 5.22. The zero-order valence-corrected chi connectivity index (χ0v) is 17.7. The van der Waals surface area contributed by atoms with Crippen LogP contribution in [0, 0.1) is 30.1 Å². The molecular weight excluding hydrogens is 376 g/mol. The molecule has 0 N–H and O–H groups in total. The summed E-state index contributed by atoms with van der Waals surface area (Å²) in [7, 11) is 0. The lowest BCUT2D eigenvalue weighted by Gasteiger charge is -2.57. The average Bonchev–Trinajstić information content (AvgIpc) is 3.18. The molecule has 158 valence electrons. The van der Waals surface area contributed by atoms with Gasteiger partial charge in [0.25, 0.3) is 0 Å². The predicted octanol–water partition coefficient (Wildman–Crippen LogP) is 2.84. The number of aryl methyl sites for hydroxylation is 1. The molecule has 30 heavy (non-hydrogen) atoms. The van der Waals surface area contributed by atoms with Gasteiger partial charge in [-0.1, -0.05) is 0 Å². The van der Waals surface area contributed by atoms with Crippen molar-refractivity contribution in [2.24, 2.45) is 23.2 Å². The summed E-state index contributed by atoms with van der Waals surface area (Å²) in [5.74, 6) is 5.56. The van der Waals surface area contributed by atoms with Gasteiger partial charge >= 0.3 is 0 Å². The maximum absolute atomic E-state index is 13.6. The number of carbonyl (C=O) groups is 1. The summed E-state index contributed by atoms with van der Waals surface area (Å²) < 4.78 is 1.97. The molecule has 2 aromatic rings. The molecule has 4 saturated carbocycles. The molecule has 7 nitrogen and oxygen atoms in total. The first-order valence-electron chi connectivity index (χ1n) is 11.5. The van der Waals surface area contributed by atoms with Crippen molar-refractivity contribution in [1.29, 1.82) is 0 Å². The van der Waals surface area contributed by atoms with Gasteiger partial charge in [0, 0.05) is 44.6 Å². The van der Waals surface area contributed by atoms with Crippen molar-refractivity contribution in [1.82, 2.24) is 24.4 Å². The maximum Gasteiger partial charge on any atom is 0.228 e. The van der Waals surface area contributed by atoms with Crippen LogP contribution >= 0.6 is 0 Å². The van der Waals surface area contributed by atoms with Crippen LogP contribution in [-0.4, -0.2) is 56.5 Å². The van der Waals surface area contributed by atoms with Gasteiger partial charge in [0.15, 0.2) is 0 Å². The first-order valence-corrected chi connectivity index (χ1v) is 11.5. The van der Waals surface area contributed by atoms with E-state index in [1.54, 1.807) is 12.5 Å². The Morgan fingerprint density at radius 1 is 0.933 bits per heavy atom. The van der Waals surface area contributed by atoms with Crippen molar-refractivity contribution in [2.45, 2.75) is 45.4 Å². The topological polar surface area (TPSA) is 67.2 Å². The minimum atomic E-state index is -0.0298. The van der Waals surface area contributed by atoms with E-state index in [4.69, 9.17) is 0 Å². The predicted molar refractivity (Wildman–Crippen MR) is 113 cm³/mol. The molecule has 7 heteroatoms. The summed E-state index contributed by atoms with van der Waals surface area (Å²) in [4.78, 5) is 31.2. The van der Waals surface area contributed by atoms with E-state index < -0.39 is 0 Å². The van der Waals surface area contributed by atoms with E-state index in [1.165, 1.54) is 19.3 Å². The van der Waals surface area contributed by atoms with Crippen molar-refractivity contribution < 1.29 is 4.79 Å². The van der Waals surface area contributed by atoms with Crippen LogP contribution in [0.15, 0.2) is 24.8 Å². The zero-order chi connectivity index (χ0) is 20.3. The first kappa shape index (κ1) is 18.3. The van der Waals surface area contributed by atoms with Gasteiger partial charge in [0.2, 0.25) is 5.91 Å². The third kappa shape index (κ3) is 2.93. The molecule has 0 unspecified atom stereocenters. The fraction of sp³-hybridized carbons (Fsp3) is 0.652. The third-order valence-electron chi connectivity index (χ3n) is 8.09. The van der Waals surface area contributed by atoms with Gasteiger partial charge in [0.1, 0.15) is 23.8 Å². The zero-order valence-electron chi connectivity index (χ0n) is 17.7. The number of hydrogen-bond donors (Lipinski definition) is 0. The lowest BCUT2D eigenvalue weighted by molar-refractivity contribution is -0.158. The number of amides is 1. The standard InChI is InChI=1S/C23H30N6O/c1-16-24-2-3-29(16)21-11-20(25-15-26-21)27-4-6-28(7-5-27)22(30)23-12-17-8-18(13-23)10-19(9-17)14-23/h2-3,11,15,17-19H,4-10,12-14H2,1H3. The highest BCUT2D eigenvalue weighted by Crippen LogP contribution is 2.60. The molecule has 1 saturated heterocycles. The molecular formula is C23H30N6O. The Labute approximate surface area is 177 Å². The Balaban J connectivity index is 1.15. The number of imidazole rings is 1. The van der Waals surface area contributed by atoms with Gasteiger partial charge in [0.05, 0.1) is 5.41 Å². The number of anilines is 1. The van der Waals surface area contributed by atoms with Crippen LogP contribution in [0.1, 0.15) is 44.3 Å². The van der Waals surface area contributed by atoms with Crippen LogP contribution in [-0.2, 0) is 4.79 Å². The van der Waals surface area contributed by atoms with E-state index in [9.17, 15) is 4.79 Å². The van der Waals surface area contributed by atoms with E-state index in [0.29, 0.717) is 5.91 Å². The number of hydrogen-bond acceptors (Lipinski definition) is 5. The maximum atomic E-state index is 13.6. The van der Waals surface area contributed by atoms with Gasteiger partial charge in [-0.2, -0.15) is 0 Å². The molecule has 0 atom stereocenters. The summed E-state index contributed by atoms with van der Waals surface area (Å²) in [5, 5.41) is 0. The molecule has 0 spiro atoms. The van der Waals surface area contributed by atoms with E-state index in [-0.39, 0.29) is 5.41 Å². The second kappa shape index (κ2) is 6.79. The molecule has 0 radical (unpaired) electrons. The van der Waals surface area contributed by atoms with Crippen molar-refractivity contribution in [3.63, 3.8) is 0 Å². The normalized spacial score (nSPS) is 32.6. The minimum Gasteiger partial charge on any atom is -0.353 e. The van der Waals surface area contributed by atoms with Crippen LogP contribution in [0.5, 0.6) is 0 Å². The van der Waals surface area contributed by atoms with Crippen molar-refractivity contribution in [3.05, 3.63) is 30.6 Å². The molecule has 5 fully saturated rings. The number of rotatable bonds is 3. The van der Waals surface area contributed by atoms with Crippen LogP contribution in [0.3, 0.4) is 0 Å². The summed E-state index contributed by atoms with van der Waals surface area (Å²) in [5.41, 5.74) is -0.0298. The van der Waals surface area contributed by atoms with Gasteiger partial charge in [-0.05, 0) is 63.2 Å². The molecule has 0 aromatic carbocycles. The van der Waals surface area contributed by atoms with Gasteiger partial charge in [-0.15, -0.1) is 0 Å². The highest BCUT2D eigenvalue weighted by Gasteiger charge is 2.55. The Kier molecular flexibility index (Phi) is 4.15. The highest BCUT2D eigenvalue weighted by molar-refractivity contribution is 5.83. The molecule has 1 amide bonds. The fourth-order valence-corrected chi connectivity index (χ4v) is 7.11. The number of piperazine rings is 1. The largest absolute Gasteiger partial charge is 0.353 e. The Morgan fingerprint density at radius 2 is 1.57 bits per heavy atom. The van der Waals surface area contributed by atoms with Gasteiger partial charge < -0.3 is 9.80 Å². The average molecular weight is 407 g/mol. The van der Waals surface area contributed by atoms with Gasteiger partial charge in [-0.25, -0.2) is 15.0 Å². The number of nitrogens with zero attached hydrogens (tertiary/aromatic N) is 6. The highest BCUT2D eigenvalue weighted by atomic mass is 16.2. The Bertz CT molecular complexity index is 925. The monoisotopic (exact) mass is 406 g/mol. The summed E-state index contributed by atoms with van der Waals surface area (Å²) >= 11 is 0. The smallest absolute Gasteiger partial charge is 0.228 e. The second-order valence-electron chi connectivity index (χ2n) is 10.1. The molecule has 4 aliphatic carbocycles. The lowest BCUT2D eigenvalue weighted by Crippen LogP contribution is -2.58. The molecule has 2 aromatic heterocycles. The van der Waals surface area contributed by atoms with Crippen LogP contribution in [0.25, 0.3) is 5.82 Å². The van der Waals surface area contributed by atoms with Crippen molar-refractivity contribution in [3.8, 4) is 5.82 Å². The van der Waals surface area contributed by atoms with E-state index in [2.05, 4.69) is 24.8 Å². The quantitative estimate of drug-likeness (QED) is 0.784. The third-order valence-corrected chi connectivity index (χ3v) is 8.09. The van der Waals surface area contributed by atoms with Crippen LogP contribution < -0.4 is 4.90 Å². The molecule has 4 bridgehead atoms. The Hall–Kier alpha value is -2.44. The second-order valence-corrected chi connectivity index (χ2v) is 10.1. The van der Waals surface area contributed by atoms with Crippen molar-refractivity contribution in [2.75, 3.05) is 31.1 Å². The minimum absolute atomic E-state index is 0.0298. The molecule has 7 rings (SSSR count). The van der Waals surface area contributed by atoms with Gasteiger partial charge in [-0.3, -0.25) is 9.36 Å². The molecule has 3 heterocycles. The van der Waals surface area contributed by atoms with Crippen LogP contribution in [0.2, 0.25) is 0 Å². The van der Waals surface area contributed by atoms with E-state index >= 15 is 0 Å². The number of carbonyl (C=O) groups excluding carboxylic acids is 1. The molecule has 5 aliphatic rings. The SMILES string of the molecule is Cc1nccn1-c1cc(N2CCN(C(=O)C34CC5CC(CC(C5)C3)C4)CC2)ncn1. The lowest BCUT2D eigenvalue weighted by atomic mass is 9.49. The van der Waals surface area contributed by atoms with E-state index in [1.807, 2.05) is 23.8 Å². The van der Waals surface area contributed by atoms with Crippen LogP contribution in [0.4, 0.5) is 5.82 Å². The Morgan fingerprint density at radius 3 is 2.17 bits per heavy atom. The fourth-order valence-electron chi connectivity index (χ4n) is 7.11. The van der Waals surface area contributed by atoms with E-state index in [0.717, 1.165) is 80.7 Å².